The van der Waals surface area contributed by atoms with Gasteiger partial charge in [-0.05, 0) is 29.8 Å². The number of carbonyl (C=O) groups excluding carboxylic acids is 2. The highest BCUT2D eigenvalue weighted by Gasteiger charge is 2.40. The van der Waals surface area contributed by atoms with Gasteiger partial charge in [-0.3, -0.25) is 24.6 Å². The Bertz CT molecular complexity index is 995. The number of benzene rings is 1. The molecular weight excluding hydrogens is 374 g/mol. The number of non-ortho nitro benzene ring substituents is 1. The molecule has 29 heavy (non-hydrogen) atoms. The quantitative estimate of drug-likeness (QED) is 0.441. The summed E-state index contributed by atoms with van der Waals surface area (Å²) in [4.78, 5) is 45.5. The number of rotatable bonds is 4. The summed E-state index contributed by atoms with van der Waals surface area (Å²) in [5, 5.41) is 10.9. The lowest BCUT2D eigenvalue weighted by atomic mass is 10.0. The Kier molecular flexibility index (Phi) is 4.71. The van der Waals surface area contributed by atoms with Gasteiger partial charge in [0.1, 0.15) is 11.5 Å². The number of carbonyl (C=O) groups is 2. The summed E-state index contributed by atoms with van der Waals surface area (Å²) in [6.07, 6.45) is 1.74. The number of nitrogens with zero attached hydrogens (tertiary/aromatic N) is 5. The lowest BCUT2D eigenvalue weighted by Gasteiger charge is -2.37. The van der Waals surface area contributed by atoms with Crippen LogP contribution < -0.4 is 4.90 Å². The van der Waals surface area contributed by atoms with E-state index in [-0.39, 0.29) is 11.6 Å². The Balaban J connectivity index is 1.63. The molecule has 1 aromatic carbocycles. The van der Waals surface area contributed by atoms with Crippen LogP contribution >= 0.6 is 0 Å². The number of imide groups is 1. The van der Waals surface area contributed by atoms with Crippen LogP contribution in [0.25, 0.3) is 5.57 Å². The van der Waals surface area contributed by atoms with Gasteiger partial charge >= 0.3 is 0 Å². The van der Waals surface area contributed by atoms with Gasteiger partial charge in [0, 0.05) is 51.6 Å². The Labute approximate surface area is 167 Å². The highest BCUT2D eigenvalue weighted by molar-refractivity contribution is 6.35. The van der Waals surface area contributed by atoms with Crippen LogP contribution in [0.3, 0.4) is 0 Å². The van der Waals surface area contributed by atoms with Crippen LogP contribution in [0.2, 0.25) is 0 Å². The molecule has 0 aliphatic carbocycles. The number of piperazine rings is 1. The van der Waals surface area contributed by atoms with Crippen molar-refractivity contribution in [1.82, 2.24) is 14.8 Å². The summed E-state index contributed by atoms with van der Waals surface area (Å²) in [5.74, 6) is 0.128. The minimum Gasteiger partial charge on any atom is -0.363 e. The second-order valence-electron chi connectivity index (χ2n) is 6.86. The molecule has 2 aliphatic heterocycles. The fourth-order valence-corrected chi connectivity index (χ4v) is 3.63. The van der Waals surface area contributed by atoms with E-state index < -0.39 is 10.8 Å². The van der Waals surface area contributed by atoms with Crippen molar-refractivity contribution in [3.8, 4) is 0 Å². The van der Waals surface area contributed by atoms with Crippen LogP contribution in [-0.4, -0.2) is 64.7 Å². The van der Waals surface area contributed by atoms with E-state index >= 15 is 0 Å². The molecule has 2 amide bonds. The monoisotopic (exact) mass is 393 g/mol. The predicted molar refractivity (Wildman–Crippen MR) is 106 cm³/mol. The number of nitro groups is 1. The van der Waals surface area contributed by atoms with E-state index in [1.54, 1.807) is 6.20 Å². The first-order valence-electron chi connectivity index (χ1n) is 9.20. The highest BCUT2D eigenvalue weighted by Crippen LogP contribution is 2.32. The van der Waals surface area contributed by atoms with Gasteiger partial charge in [0.25, 0.3) is 17.5 Å². The van der Waals surface area contributed by atoms with Crippen molar-refractivity contribution in [3.05, 3.63) is 70.0 Å². The van der Waals surface area contributed by atoms with E-state index in [9.17, 15) is 19.7 Å². The van der Waals surface area contributed by atoms with Gasteiger partial charge in [-0.25, -0.2) is 4.98 Å². The Morgan fingerprint density at radius 3 is 2.17 bits per heavy atom. The van der Waals surface area contributed by atoms with Crippen molar-refractivity contribution in [2.24, 2.45) is 0 Å². The van der Waals surface area contributed by atoms with Gasteiger partial charge in [0.05, 0.1) is 10.5 Å². The third kappa shape index (κ3) is 3.31. The van der Waals surface area contributed by atoms with Crippen molar-refractivity contribution in [2.75, 3.05) is 38.1 Å². The molecule has 0 unspecified atom stereocenters. The van der Waals surface area contributed by atoms with E-state index in [1.165, 1.54) is 31.3 Å². The summed E-state index contributed by atoms with van der Waals surface area (Å²) < 4.78 is 0. The van der Waals surface area contributed by atoms with Gasteiger partial charge in [-0.15, -0.1) is 0 Å². The van der Waals surface area contributed by atoms with E-state index in [0.717, 1.165) is 10.7 Å². The topological polar surface area (TPSA) is 99.9 Å². The van der Waals surface area contributed by atoms with E-state index in [1.807, 2.05) is 23.1 Å². The molecule has 0 atom stereocenters. The van der Waals surface area contributed by atoms with Crippen molar-refractivity contribution in [1.29, 1.82) is 0 Å². The average Bonchev–Trinajstić information content (AvgIpc) is 2.98. The number of aromatic nitrogens is 1. The lowest BCUT2D eigenvalue weighted by Crippen LogP contribution is -2.47. The summed E-state index contributed by atoms with van der Waals surface area (Å²) in [6, 6.07) is 11.4. The third-order valence-corrected chi connectivity index (χ3v) is 5.20. The smallest absolute Gasteiger partial charge is 0.277 e. The molecule has 0 saturated carbocycles. The summed E-state index contributed by atoms with van der Waals surface area (Å²) in [7, 11) is 1.45. The summed E-state index contributed by atoms with van der Waals surface area (Å²) >= 11 is 0. The Morgan fingerprint density at radius 1 is 0.931 bits per heavy atom. The van der Waals surface area contributed by atoms with Crippen LogP contribution in [0.1, 0.15) is 5.56 Å². The molecule has 1 aromatic heterocycles. The minimum absolute atomic E-state index is 0.0648. The van der Waals surface area contributed by atoms with Crippen molar-refractivity contribution in [3.63, 3.8) is 0 Å². The van der Waals surface area contributed by atoms with Gasteiger partial charge in [0.15, 0.2) is 0 Å². The van der Waals surface area contributed by atoms with Crippen LogP contribution in [0, 0.1) is 10.1 Å². The number of hydrogen-bond donors (Lipinski definition) is 0. The highest BCUT2D eigenvalue weighted by atomic mass is 16.6. The Hall–Kier alpha value is -3.75. The molecule has 0 N–H and O–H groups in total. The van der Waals surface area contributed by atoms with E-state index in [0.29, 0.717) is 43.0 Å². The standard InChI is InChI=1S/C20H19N5O4/c1-22-19(26)17(14-5-7-15(8-6-14)25(28)29)18(20(22)27)24-12-10-23(11-13-24)16-4-2-3-9-21-16/h2-9H,10-13H2,1H3. The maximum absolute atomic E-state index is 12.8. The first kappa shape index (κ1) is 18.6. The maximum atomic E-state index is 12.8. The second kappa shape index (κ2) is 7.34. The number of amides is 2. The second-order valence-corrected chi connectivity index (χ2v) is 6.86. The van der Waals surface area contributed by atoms with E-state index in [4.69, 9.17) is 0 Å². The van der Waals surface area contributed by atoms with Crippen LogP contribution in [0.4, 0.5) is 11.5 Å². The molecule has 0 spiro atoms. The van der Waals surface area contributed by atoms with Crippen LogP contribution in [0.15, 0.2) is 54.4 Å². The van der Waals surface area contributed by atoms with Gasteiger partial charge in [-0.1, -0.05) is 6.07 Å². The average molecular weight is 393 g/mol. The zero-order valence-electron chi connectivity index (χ0n) is 15.8. The fourth-order valence-electron chi connectivity index (χ4n) is 3.63. The first-order valence-corrected chi connectivity index (χ1v) is 9.20. The van der Waals surface area contributed by atoms with Gasteiger partial charge in [0.2, 0.25) is 0 Å². The molecule has 4 rings (SSSR count). The minimum atomic E-state index is -0.496. The van der Waals surface area contributed by atoms with Crippen molar-refractivity contribution in [2.45, 2.75) is 0 Å². The molecule has 148 valence electrons. The SMILES string of the molecule is CN1C(=O)C(c2ccc([N+](=O)[O-])cc2)=C(N2CCN(c3ccccn3)CC2)C1=O. The molecule has 2 aromatic rings. The molecule has 3 heterocycles. The molecular formula is C20H19N5O4. The number of pyridine rings is 1. The number of likely N-dealkylation sites (N-methyl/N-ethyl adjacent to an activating group) is 1. The summed E-state index contributed by atoms with van der Waals surface area (Å²) in [6.45, 7) is 2.46. The van der Waals surface area contributed by atoms with Crippen LogP contribution in [0.5, 0.6) is 0 Å². The number of hydrogen-bond acceptors (Lipinski definition) is 7. The lowest BCUT2D eigenvalue weighted by molar-refractivity contribution is -0.384. The van der Waals surface area contributed by atoms with Gasteiger partial charge < -0.3 is 9.80 Å². The normalized spacial score (nSPS) is 17.3. The maximum Gasteiger partial charge on any atom is 0.277 e. The van der Waals surface area contributed by atoms with Crippen molar-refractivity contribution < 1.29 is 14.5 Å². The molecule has 0 radical (unpaired) electrons. The zero-order chi connectivity index (χ0) is 20.5. The predicted octanol–water partition coefficient (Wildman–Crippen LogP) is 1.52. The number of nitro benzene ring substituents is 1. The van der Waals surface area contributed by atoms with Crippen LogP contribution in [-0.2, 0) is 9.59 Å². The molecule has 9 heteroatoms. The molecule has 1 saturated heterocycles. The fraction of sp³-hybridized carbons (Fsp3) is 0.250. The molecule has 2 aliphatic rings. The van der Waals surface area contributed by atoms with Crippen molar-refractivity contribution >= 4 is 28.9 Å². The number of anilines is 1. The first-order chi connectivity index (χ1) is 14.0. The molecule has 0 bridgehead atoms. The molecule has 1 fully saturated rings. The summed E-state index contributed by atoms with van der Waals surface area (Å²) in [5.41, 5.74) is 1.08. The van der Waals surface area contributed by atoms with Gasteiger partial charge in [-0.2, -0.15) is 0 Å². The molecule has 9 nitrogen and oxygen atoms in total. The van der Waals surface area contributed by atoms with E-state index in [2.05, 4.69) is 9.88 Å². The largest absolute Gasteiger partial charge is 0.363 e. The third-order valence-electron chi connectivity index (χ3n) is 5.20. The zero-order valence-corrected chi connectivity index (χ0v) is 15.8. The Morgan fingerprint density at radius 2 is 1.59 bits per heavy atom.